The van der Waals surface area contributed by atoms with Gasteiger partial charge in [-0.15, -0.1) is 13.2 Å². The van der Waals surface area contributed by atoms with Crippen molar-refractivity contribution in [3.8, 4) is 17.0 Å². The molecule has 2 rings (SSSR count). The summed E-state index contributed by atoms with van der Waals surface area (Å²) in [5, 5.41) is 8.74. The first-order chi connectivity index (χ1) is 9.85. The second-order valence-electron chi connectivity index (χ2n) is 4.16. The Hall–Kier alpha value is -2.57. The zero-order valence-corrected chi connectivity index (χ0v) is 10.6. The number of benzene rings is 1. The lowest BCUT2D eigenvalue weighted by Gasteiger charge is -2.13. The SMILES string of the molecule is O=C(O)Cc1ccnc(-c2ccccc2OC(F)(F)F)c1. The first-order valence-electron chi connectivity index (χ1n) is 5.87. The van der Waals surface area contributed by atoms with Crippen LogP contribution in [0.25, 0.3) is 11.3 Å². The number of aromatic nitrogens is 1. The minimum absolute atomic E-state index is 0.141. The number of carboxylic acid groups (broad SMARTS) is 1. The van der Waals surface area contributed by atoms with E-state index in [9.17, 15) is 18.0 Å². The second kappa shape index (κ2) is 5.82. The number of rotatable bonds is 4. The molecule has 0 aliphatic carbocycles. The van der Waals surface area contributed by atoms with E-state index < -0.39 is 12.3 Å². The van der Waals surface area contributed by atoms with Gasteiger partial charge in [-0.3, -0.25) is 9.78 Å². The number of carboxylic acids is 1. The lowest BCUT2D eigenvalue weighted by atomic mass is 10.1. The normalized spacial score (nSPS) is 11.2. The van der Waals surface area contributed by atoms with Crippen LogP contribution in [-0.4, -0.2) is 22.4 Å². The van der Waals surface area contributed by atoms with E-state index in [-0.39, 0.29) is 23.4 Å². The van der Waals surface area contributed by atoms with E-state index in [1.54, 1.807) is 6.07 Å². The highest BCUT2D eigenvalue weighted by Crippen LogP contribution is 2.32. The van der Waals surface area contributed by atoms with E-state index in [1.165, 1.54) is 36.5 Å². The van der Waals surface area contributed by atoms with Crippen molar-refractivity contribution in [1.82, 2.24) is 4.98 Å². The van der Waals surface area contributed by atoms with Crippen molar-refractivity contribution in [3.05, 3.63) is 48.2 Å². The van der Waals surface area contributed by atoms with Crippen LogP contribution in [-0.2, 0) is 11.2 Å². The number of halogens is 3. The quantitative estimate of drug-likeness (QED) is 0.941. The minimum atomic E-state index is -4.81. The number of ether oxygens (including phenoxy) is 1. The molecule has 1 N–H and O–H groups in total. The molecule has 7 heteroatoms. The van der Waals surface area contributed by atoms with Gasteiger partial charge in [0.2, 0.25) is 0 Å². The number of para-hydroxylation sites is 1. The fourth-order valence-electron chi connectivity index (χ4n) is 1.80. The average Bonchev–Trinajstić information content (AvgIpc) is 2.37. The van der Waals surface area contributed by atoms with Gasteiger partial charge in [0.05, 0.1) is 12.1 Å². The van der Waals surface area contributed by atoms with Gasteiger partial charge in [0.25, 0.3) is 0 Å². The molecule has 0 spiro atoms. The molecule has 1 aromatic heterocycles. The summed E-state index contributed by atoms with van der Waals surface area (Å²) in [5.74, 6) is -1.42. The minimum Gasteiger partial charge on any atom is -0.481 e. The van der Waals surface area contributed by atoms with Gasteiger partial charge in [-0.05, 0) is 29.8 Å². The summed E-state index contributed by atoms with van der Waals surface area (Å²) in [6, 6.07) is 8.47. The molecule has 1 heterocycles. The van der Waals surface area contributed by atoms with Crippen LogP contribution in [0.15, 0.2) is 42.6 Å². The lowest BCUT2D eigenvalue weighted by Crippen LogP contribution is -2.17. The topological polar surface area (TPSA) is 59.4 Å². The lowest BCUT2D eigenvalue weighted by molar-refractivity contribution is -0.274. The summed E-state index contributed by atoms with van der Waals surface area (Å²) < 4.78 is 41.1. The zero-order chi connectivity index (χ0) is 15.5. The Labute approximate surface area is 117 Å². The third-order valence-corrected chi connectivity index (χ3v) is 2.57. The molecule has 1 aromatic carbocycles. The molecule has 0 bridgehead atoms. The molecule has 0 radical (unpaired) electrons. The Morgan fingerprint density at radius 3 is 2.62 bits per heavy atom. The number of hydrogen-bond donors (Lipinski definition) is 1. The maximum atomic E-state index is 12.4. The van der Waals surface area contributed by atoms with E-state index in [1.807, 2.05) is 0 Å². The highest BCUT2D eigenvalue weighted by atomic mass is 19.4. The zero-order valence-electron chi connectivity index (χ0n) is 10.6. The molecular weight excluding hydrogens is 287 g/mol. The van der Waals surface area contributed by atoms with Crippen LogP contribution in [0.2, 0.25) is 0 Å². The molecule has 0 saturated heterocycles. The van der Waals surface area contributed by atoms with Crippen LogP contribution in [0.3, 0.4) is 0 Å². The smallest absolute Gasteiger partial charge is 0.481 e. The van der Waals surface area contributed by atoms with E-state index in [2.05, 4.69) is 9.72 Å². The molecule has 110 valence electrons. The monoisotopic (exact) mass is 297 g/mol. The van der Waals surface area contributed by atoms with Gasteiger partial charge in [-0.2, -0.15) is 0 Å². The van der Waals surface area contributed by atoms with Crippen LogP contribution < -0.4 is 4.74 Å². The van der Waals surface area contributed by atoms with Crippen LogP contribution in [0, 0.1) is 0 Å². The van der Waals surface area contributed by atoms with Crippen molar-refractivity contribution in [2.45, 2.75) is 12.8 Å². The average molecular weight is 297 g/mol. The van der Waals surface area contributed by atoms with E-state index in [0.29, 0.717) is 5.56 Å². The predicted molar refractivity (Wildman–Crippen MR) is 67.7 cm³/mol. The largest absolute Gasteiger partial charge is 0.573 e. The fraction of sp³-hybridized carbons (Fsp3) is 0.143. The Morgan fingerprint density at radius 1 is 1.24 bits per heavy atom. The predicted octanol–water partition coefficient (Wildman–Crippen LogP) is 3.27. The number of nitrogens with zero attached hydrogens (tertiary/aromatic N) is 1. The summed E-state index contributed by atoms with van der Waals surface area (Å²) in [6.07, 6.45) is -3.70. The third kappa shape index (κ3) is 4.20. The van der Waals surface area contributed by atoms with Gasteiger partial charge in [0.1, 0.15) is 5.75 Å². The van der Waals surface area contributed by atoms with Crippen molar-refractivity contribution in [1.29, 1.82) is 0 Å². The number of alkyl halides is 3. The van der Waals surface area contributed by atoms with Gasteiger partial charge < -0.3 is 9.84 Å². The van der Waals surface area contributed by atoms with Crippen LogP contribution in [0.5, 0.6) is 5.75 Å². The standard InChI is InChI=1S/C14H10F3NO3/c15-14(16,17)21-12-4-2-1-3-10(12)11-7-9(5-6-18-11)8-13(19)20/h1-7H,8H2,(H,19,20). The summed E-state index contributed by atoms with van der Waals surface area (Å²) >= 11 is 0. The molecule has 4 nitrogen and oxygen atoms in total. The van der Waals surface area contributed by atoms with Gasteiger partial charge in [-0.1, -0.05) is 12.1 Å². The molecule has 2 aromatic rings. The highest BCUT2D eigenvalue weighted by molar-refractivity contribution is 5.72. The number of carbonyl (C=O) groups is 1. The summed E-state index contributed by atoms with van der Waals surface area (Å²) in [7, 11) is 0. The summed E-state index contributed by atoms with van der Waals surface area (Å²) in [6.45, 7) is 0. The number of hydrogen-bond acceptors (Lipinski definition) is 3. The maximum Gasteiger partial charge on any atom is 0.573 e. The van der Waals surface area contributed by atoms with Crippen molar-refractivity contribution in [2.24, 2.45) is 0 Å². The number of aliphatic carboxylic acids is 1. The first-order valence-corrected chi connectivity index (χ1v) is 5.87. The molecule has 0 aliphatic heterocycles. The van der Waals surface area contributed by atoms with Gasteiger partial charge >= 0.3 is 12.3 Å². The summed E-state index contributed by atoms with van der Waals surface area (Å²) in [5.41, 5.74) is 0.796. The van der Waals surface area contributed by atoms with Crippen LogP contribution in [0.4, 0.5) is 13.2 Å². The molecule has 0 fully saturated rings. The third-order valence-electron chi connectivity index (χ3n) is 2.57. The molecule has 0 atom stereocenters. The Bertz CT molecular complexity index is 656. The maximum absolute atomic E-state index is 12.4. The molecular formula is C14H10F3NO3. The van der Waals surface area contributed by atoms with Crippen LogP contribution in [0.1, 0.15) is 5.56 Å². The first kappa shape index (κ1) is 14.8. The van der Waals surface area contributed by atoms with E-state index in [0.717, 1.165) is 0 Å². The highest BCUT2D eigenvalue weighted by Gasteiger charge is 2.32. The Kier molecular flexibility index (Phi) is 4.11. The Balaban J connectivity index is 2.40. The van der Waals surface area contributed by atoms with Gasteiger partial charge in [-0.25, -0.2) is 0 Å². The fourth-order valence-corrected chi connectivity index (χ4v) is 1.80. The van der Waals surface area contributed by atoms with Gasteiger partial charge in [0.15, 0.2) is 0 Å². The number of pyridine rings is 1. The van der Waals surface area contributed by atoms with Crippen molar-refractivity contribution < 1.29 is 27.8 Å². The molecule has 21 heavy (non-hydrogen) atoms. The van der Waals surface area contributed by atoms with Crippen molar-refractivity contribution in [3.63, 3.8) is 0 Å². The molecule has 0 amide bonds. The molecule has 0 aliphatic rings. The van der Waals surface area contributed by atoms with Crippen molar-refractivity contribution in [2.75, 3.05) is 0 Å². The molecule has 0 unspecified atom stereocenters. The van der Waals surface area contributed by atoms with Crippen LogP contribution >= 0.6 is 0 Å². The Morgan fingerprint density at radius 2 is 1.95 bits per heavy atom. The second-order valence-corrected chi connectivity index (χ2v) is 4.16. The van der Waals surface area contributed by atoms with E-state index >= 15 is 0 Å². The van der Waals surface area contributed by atoms with E-state index in [4.69, 9.17) is 5.11 Å². The molecule has 0 saturated carbocycles. The van der Waals surface area contributed by atoms with Crippen molar-refractivity contribution >= 4 is 5.97 Å². The van der Waals surface area contributed by atoms with Gasteiger partial charge in [0, 0.05) is 11.8 Å². The summed E-state index contributed by atoms with van der Waals surface area (Å²) in [4.78, 5) is 14.6.